The van der Waals surface area contributed by atoms with Gasteiger partial charge in [-0.25, -0.2) is 0 Å². The van der Waals surface area contributed by atoms with Crippen LogP contribution in [-0.2, 0) is 4.74 Å². The fourth-order valence-electron chi connectivity index (χ4n) is 1.89. The highest BCUT2D eigenvalue weighted by molar-refractivity contribution is 7.80. The zero-order valence-corrected chi connectivity index (χ0v) is 10.8. The van der Waals surface area contributed by atoms with Gasteiger partial charge in [0.05, 0.1) is 5.60 Å². The van der Waals surface area contributed by atoms with Crippen molar-refractivity contribution in [3.05, 3.63) is 0 Å². The third kappa shape index (κ3) is 3.61. The van der Waals surface area contributed by atoms with Gasteiger partial charge in [-0.1, -0.05) is 6.92 Å². The Morgan fingerprint density at radius 2 is 2.33 bits per heavy atom. The molecule has 0 aromatic carbocycles. The molecule has 0 aliphatic carbocycles. The number of rotatable bonds is 3. The molecule has 0 spiro atoms. The van der Waals surface area contributed by atoms with Gasteiger partial charge in [0.2, 0.25) is 0 Å². The lowest BCUT2D eigenvalue weighted by Gasteiger charge is -2.40. The van der Waals surface area contributed by atoms with Crippen molar-refractivity contribution in [2.75, 3.05) is 26.7 Å². The van der Waals surface area contributed by atoms with Gasteiger partial charge < -0.3 is 15.0 Å². The average Bonchev–Trinajstić information content (AvgIpc) is 2.26. The number of nitrogens with zero attached hydrogens (tertiary/aromatic N) is 1. The van der Waals surface area contributed by atoms with Gasteiger partial charge in [0.15, 0.2) is 5.11 Å². The van der Waals surface area contributed by atoms with E-state index in [1.807, 2.05) is 0 Å². The number of thiocarbonyl (C=S) groups is 1. The first-order valence-electron chi connectivity index (χ1n) is 5.69. The van der Waals surface area contributed by atoms with E-state index in [9.17, 15) is 0 Å². The first-order chi connectivity index (χ1) is 7.11. The smallest absolute Gasteiger partial charge is 0.169 e. The highest BCUT2D eigenvalue weighted by atomic mass is 32.1. The van der Waals surface area contributed by atoms with Crippen LogP contribution in [0.15, 0.2) is 0 Å². The molecule has 1 heterocycles. The van der Waals surface area contributed by atoms with Gasteiger partial charge in [0.1, 0.15) is 0 Å². The van der Waals surface area contributed by atoms with Crippen molar-refractivity contribution < 1.29 is 4.74 Å². The minimum absolute atomic E-state index is 0.0315. The summed E-state index contributed by atoms with van der Waals surface area (Å²) in [5.74, 6) is 0. The van der Waals surface area contributed by atoms with Crippen LogP contribution in [0.1, 0.15) is 33.1 Å². The monoisotopic (exact) mass is 230 g/mol. The molecule has 0 bridgehead atoms. The molecule has 4 heteroatoms. The molecule has 88 valence electrons. The Hall–Kier alpha value is -0.350. The van der Waals surface area contributed by atoms with Crippen molar-refractivity contribution in [2.45, 2.75) is 38.7 Å². The van der Waals surface area contributed by atoms with Crippen molar-refractivity contribution in [1.82, 2.24) is 10.2 Å². The molecule has 0 saturated carbocycles. The van der Waals surface area contributed by atoms with E-state index in [1.54, 1.807) is 7.11 Å². The molecular weight excluding hydrogens is 208 g/mol. The molecule has 1 N–H and O–H groups in total. The highest BCUT2D eigenvalue weighted by Gasteiger charge is 2.31. The molecule has 0 amide bonds. The summed E-state index contributed by atoms with van der Waals surface area (Å²) in [4.78, 5) is 2.22. The summed E-state index contributed by atoms with van der Waals surface area (Å²) < 4.78 is 5.53. The Morgan fingerprint density at radius 3 is 2.93 bits per heavy atom. The number of methoxy groups -OCH3 is 1. The molecule has 0 aromatic rings. The molecule has 1 aliphatic heterocycles. The Balaban J connectivity index is 2.45. The molecule has 1 unspecified atom stereocenters. The van der Waals surface area contributed by atoms with Gasteiger partial charge in [-0.2, -0.15) is 0 Å². The normalized spacial score (nSPS) is 26.5. The first kappa shape index (κ1) is 12.7. The van der Waals surface area contributed by atoms with Crippen molar-refractivity contribution >= 4 is 17.3 Å². The lowest BCUT2D eigenvalue weighted by Crippen LogP contribution is -2.52. The van der Waals surface area contributed by atoms with Crippen LogP contribution in [0.4, 0.5) is 0 Å². The molecule has 1 fully saturated rings. The van der Waals surface area contributed by atoms with Gasteiger partial charge >= 0.3 is 0 Å². The minimum atomic E-state index is -0.0315. The molecular formula is C11H22N2OS. The Labute approximate surface area is 98.2 Å². The maximum absolute atomic E-state index is 5.53. The zero-order valence-electron chi connectivity index (χ0n) is 10.0. The molecule has 15 heavy (non-hydrogen) atoms. The first-order valence-corrected chi connectivity index (χ1v) is 6.10. The van der Waals surface area contributed by atoms with Gasteiger partial charge in [-0.15, -0.1) is 0 Å². The van der Waals surface area contributed by atoms with Crippen LogP contribution in [-0.4, -0.2) is 42.4 Å². The second-order valence-electron chi connectivity index (χ2n) is 4.41. The van der Waals surface area contributed by atoms with Crippen molar-refractivity contribution in [3.63, 3.8) is 0 Å². The molecule has 1 rings (SSSR count). The zero-order chi connectivity index (χ0) is 11.3. The summed E-state index contributed by atoms with van der Waals surface area (Å²) >= 11 is 5.35. The topological polar surface area (TPSA) is 24.5 Å². The van der Waals surface area contributed by atoms with Gasteiger partial charge in [-0.3, -0.25) is 0 Å². The third-order valence-electron chi connectivity index (χ3n) is 2.97. The van der Waals surface area contributed by atoms with Crippen LogP contribution < -0.4 is 5.32 Å². The third-order valence-corrected chi connectivity index (χ3v) is 3.37. The molecule has 0 radical (unpaired) electrons. The SMILES string of the molecule is CCCNC(=S)N1CCCC(C)(OC)C1. The summed E-state index contributed by atoms with van der Waals surface area (Å²) in [5, 5.41) is 4.14. The second kappa shape index (κ2) is 5.66. The molecule has 3 nitrogen and oxygen atoms in total. The van der Waals surface area contributed by atoms with Crippen LogP contribution in [0.5, 0.6) is 0 Å². The minimum Gasteiger partial charge on any atom is -0.377 e. The van der Waals surface area contributed by atoms with Crippen LogP contribution in [0.25, 0.3) is 0 Å². The lowest BCUT2D eigenvalue weighted by atomic mass is 9.95. The van der Waals surface area contributed by atoms with Crippen LogP contribution in [0, 0.1) is 0 Å². The maximum Gasteiger partial charge on any atom is 0.169 e. The summed E-state index contributed by atoms with van der Waals surface area (Å²) in [6.07, 6.45) is 3.38. The van der Waals surface area contributed by atoms with E-state index in [0.29, 0.717) is 0 Å². The molecule has 1 atom stereocenters. The molecule has 0 aromatic heterocycles. The van der Waals surface area contributed by atoms with Crippen molar-refractivity contribution in [1.29, 1.82) is 0 Å². The summed E-state index contributed by atoms with van der Waals surface area (Å²) in [7, 11) is 1.78. The number of piperidine rings is 1. The number of hydrogen-bond acceptors (Lipinski definition) is 2. The number of likely N-dealkylation sites (tertiary alicyclic amines) is 1. The average molecular weight is 230 g/mol. The quantitative estimate of drug-likeness (QED) is 0.747. The number of nitrogens with one attached hydrogen (secondary N) is 1. The predicted molar refractivity (Wildman–Crippen MR) is 67.1 cm³/mol. The number of ether oxygens (including phenoxy) is 1. The van der Waals surface area contributed by atoms with E-state index in [4.69, 9.17) is 17.0 Å². The van der Waals surface area contributed by atoms with E-state index in [1.165, 1.54) is 0 Å². The van der Waals surface area contributed by atoms with Crippen LogP contribution in [0.2, 0.25) is 0 Å². The molecule has 1 aliphatic rings. The van der Waals surface area contributed by atoms with Gasteiger partial charge in [0.25, 0.3) is 0 Å². The number of hydrogen-bond donors (Lipinski definition) is 1. The standard InChI is InChI=1S/C11H22N2OS/c1-4-7-12-10(15)13-8-5-6-11(2,9-13)14-3/h4-9H2,1-3H3,(H,12,15). The van der Waals surface area contributed by atoms with E-state index >= 15 is 0 Å². The van der Waals surface area contributed by atoms with E-state index in [2.05, 4.69) is 24.1 Å². The summed E-state index contributed by atoms with van der Waals surface area (Å²) in [6.45, 7) is 7.21. The van der Waals surface area contributed by atoms with Gasteiger partial charge in [0, 0.05) is 26.7 Å². The van der Waals surface area contributed by atoms with Crippen molar-refractivity contribution in [3.8, 4) is 0 Å². The van der Waals surface area contributed by atoms with Crippen LogP contribution in [0.3, 0.4) is 0 Å². The Bertz CT molecular complexity index is 223. The van der Waals surface area contributed by atoms with Gasteiger partial charge in [-0.05, 0) is 38.4 Å². The Kier molecular flexibility index (Phi) is 4.80. The summed E-state index contributed by atoms with van der Waals surface area (Å²) in [6, 6.07) is 0. The van der Waals surface area contributed by atoms with Crippen molar-refractivity contribution in [2.24, 2.45) is 0 Å². The van der Waals surface area contributed by atoms with E-state index < -0.39 is 0 Å². The van der Waals surface area contributed by atoms with E-state index in [-0.39, 0.29) is 5.60 Å². The largest absolute Gasteiger partial charge is 0.377 e. The second-order valence-corrected chi connectivity index (χ2v) is 4.80. The fraction of sp³-hybridized carbons (Fsp3) is 0.909. The highest BCUT2D eigenvalue weighted by Crippen LogP contribution is 2.23. The van der Waals surface area contributed by atoms with Crippen LogP contribution >= 0.6 is 12.2 Å². The lowest BCUT2D eigenvalue weighted by molar-refractivity contribution is -0.0349. The van der Waals surface area contributed by atoms with E-state index in [0.717, 1.165) is 44.0 Å². The Morgan fingerprint density at radius 1 is 1.60 bits per heavy atom. The fourth-order valence-corrected chi connectivity index (χ4v) is 2.15. The predicted octanol–water partition coefficient (Wildman–Crippen LogP) is 1.77. The summed E-state index contributed by atoms with van der Waals surface area (Å²) in [5.41, 5.74) is -0.0315. The maximum atomic E-state index is 5.53. The molecule has 1 saturated heterocycles.